The van der Waals surface area contributed by atoms with Crippen LogP contribution in [-0.4, -0.2) is 41.8 Å². The number of ether oxygens (including phenoxy) is 2. The third kappa shape index (κ3) is 4.81. The Morgan fingerprint density at radius 2 is 1.49 bits per heavy atom. The monoisotopic (exact) mass is 587 g/mol. The van der Waals surface area contributed by atoms with Crippen LogP contribution in [0.15, 0.2) is 88.7 Å². The molecule has 2 aliphatic rings. The first-order valence-corrected chi connectivity index (χ1v) is 14.5. The van der Waals surface area contributed by atoms with E-state index in [-0.39, 0.29) is 29.1 Å². The van der Waals surface area contributed by atoms with Gasteiger partial charge in [0.25, 0.3) is 0 Å². The number of rotatable bonds is 7. The van der Waals surface area contributed by atoms with Crippen LogP contribution in [0.25, 0.3) is 0 Å². The summed E-state index contributed by atoms with van der Waals surface area (Å²) in [5.74, 6) is -1.00. The molecular formula is C30H25N3O6S2. The fourth-order valence-corrected chi connectivity index (χ4v) is 8.05. The van der Waals surface area contributed by atoms with Crippen LogP contribution in [0.5, 0.6) is 11.5 Å². The van der Waals surface area contributed by atoms with Gasteiger partial charge in [0.05, 0.1) is 30.9 Å². The lowest BCUT2D eigenvalue weighted by Gasteiger charge is -2.30. The molecule has 41 heavy (non-hydrogen) atoms. The number of fused-ring (bicyclic) bond motifs is 2. The summed E-state index contributed by atoms with van der Waals surface area (Å²) < 4.78 is 11.8. The zero-order valence-electron chi connectivity index (χ0n) is 22.1. The van der Waals surface area contributed by atoms with E-state index in [1.165, 1.54) is 21.2 Å². The van der Waals surface area contributed by atoms with Crippen LogP contribution in [0.3, 0.4) is 0 Å². The molecule has 9 nitrogen and oxygen atoms in total. The molecule has 1 aromatic heterocycles. The number of methoxy groups -OCH3 is 2. The van der Waals surface area contributed by atoms with E-state index in [2.05, 4.69) is 5.32 Å². The van der Waals surface area contributed by atoms with Crippen molar-refractivity contribution in [2.45, 2.75) is 22.7 Å². The number of carbonyl (C=O) groups is 3. The van der Waals surface area contributed by atoms with Crippen LogP contribution < -0.4 is 24.6 Å². The molecule has 4 aromatic rings. The summed E-state index contributed by atoms with van der Waals surface area (Å²) in [7, 11) is 3.11. The molecule has 0 radical (unpaired) electrons. The molecule has 0 bridgehead atoms. The van der Waals surface area contributed by atoms with Crippen molar-refractivity contribution in [3.63, 3.8) is 0 Å². The van der Waals surface area contributed by atoms with Gasteiger partial charge in [-0.1, -0.05) is 53.4 Å². The second-order valence-corrected chi connectivity index (χ2v) is 11.7. The number of carbonyl (C=O) groups excluding carboxylic acids is 3. The standard InChI is InChI=1S/C30H25N3O6S2/c1-38-20-12-8-18(9-13-20)31-22(34)16-32-29-26(41-30(32)37)23(17-6-4-3-5-7-17)24-25(40-29)28(36)33(27(24)35)19-10-14-21(39-2)15-11-19/h3-15,23-25H,16H2,1-2H3,(H,31,34)/t23-,24?,25?/m1/s1. The van der Waals surface area contributed by atoms with Crippen molar-refractivity contribution < 1.29 is 23.9 Å². The fourth-order valence-electron chi connectivity index (χ4n) is 5.28. The third-order valence-corrected chi connectivity index (χ3v) is 9.82. The Kier molecular flexibility index (Phi) is 7.14. The van der Waals surface area contributed by atoms with E-state index in [0.29, 0.717) is 32.8 Å². The molecule has 3 heterocycles. The molecule has 208 valence electrons. The molecule has 0 spiro atoms. The third-order valence-electron chi connectivity index (χ3n) is 7.21. The number of hydrogen-bond donors (Lipinski definition) is 1. The number of imide groups is 1. The van der Waals surface area contributed by atoms with Crippen molar-refractivity contribution >= 4 is 52.2 Å². The summed E-state index contributed by atoms with van der Waals surface area (Å²) in [6.07, 6.45) is 0. The number of anilines is 2. The van der Waals surface area contributed by atoms with Crippen molar-refractivity contribution in [2.75, 3.05) is 24.4 Å². The Hall–Kier alpha value is -4.35. The molecule has 1 saturated heterocycles. The number of benzene rings is 3. The molecule has 2 aliphatic heterocycles. The highest BCUT2D eigenvalue weighted by molar-refractivity contribution is 8.00. The van der Waals surface area contributed by atoms with E-state index in [0.717, 1.165) is 16.9 Å². The van der Waals surface area contributed by atoms with Gasteiger partial charge in [-0.2, -0.15) is 0 Å². The Bertz CT molecular complexity index is 1680. The second-order valence-electron chi connectivity index (χ2n) is 9.56. The SMILES string of the molecule is COc1ccc(NC(=O)Cn2c3c(sc2=O)[C@H](c2ccccc2)C2C(=O)N(c4ccc(OC)cc4)C(=O)C2S3)cc1. The van der Waals surface area contributed by atoms with Gasteiger partial charge < -0.3 is 14.8 Å². The Morgan fingerprint density at radius 1 is 0.854 bits per heavy atom. The smallest absolute Gasteiger partial charge is 0.308 e. The molecule has 11 heteroatoms. The van der Waals surface area contributed by atoms with Gasteiger partial charge in [-0.3, -0.25) is 23.7 Å². The lowest BCUT2D eigenvalue weighted by Crippen LogP contribution is -2.33. The van der Waals surface area contributed by atoms with Crippen molar-refractivity contribution in [3.8, 4) is 11.5 Å². The molecule has 3 atom stereocenters. The van der Waals surface area contributed by atoms with Gasteiger partial charge in [0.2, 0.25) is 17.7 Å². The molecule has 2 unspecified atom stereocenters. The predicted octanol–water partition coefficient (Wildman–Crippen LogP) is 4.36. The second kappa shape index (κ2) is 10.9. The van der Waals surface area contributed by atoms with Gasteiger partial charge in [-0.05, 0) is 54.1 Å². The first-order chi connectivity index (χ1) is 19.9. The van der Waals surface area contributed by atoms with Gasteiger partial charge in [0.15, 0.2) is 0 Å². The van der Waals surface area contributed by atoms with E-state index in [9.17, 15) is 19.2 Å². The summed E-state index contributed by atoms with van der Waals surface area (Å²) in [5.41, 5.74) is 1.86. The van der Waals surface area contributed by atoms with Crippen LogP contribution in [0, 0.1) is 5.92 Å². The van der Waals surface area contributed by atoms with Gasteiger partial charge in [-0.15, -0.1) is 0 Å². The molecule has 6 rings (SSSR count). The van der Waals surface area contributed by atoms with Gasteiger partial charge in [0.1, 0.15) is 23.3 Å². The summed E-state index contributed by atoms with van der Waals surface area (Å²) in [4.78, 5) is 55.6. The maximum absolute atomic E-state index is 13.9. The average molecular weight is 588 g/mol. The molecule has 0 aliphatic carbocycles. The molecule has 3 amide bonds. The number of thioether (sulfide) groups is 1. The minimum Gasteiger partial charge on any atom is -0.497 e. The average Bonchev–Trinajstić information content (AvgIpc) is 3.44. The van der Waals surface area contributed by atoms with Crippen LogP contribution in [0.1, 0.15) is 16.4 Å². The van der Waals surface area contributed by atoms with Gasteiger partial charge in [0, 0.05) is 16.5 Å². The van der Waals surface area contributed by atoms with Crippen LogP contribution in [0.2, 0.25) is 0 Å². The number of hydrogen-bond acceptors (Lipinski definition) is 8. The number of nitrogens with one attached hydrogen (secondary N) is 1. The van der Waals surface area contributed by atoms with Gasteiger partial charge in [-0.25, -0.2) is 4.90 Å². The highest BCUT2D eigenvalue weighted by atomic mass is 32.2. The highest BCUT2D eigenvalue weighted by Gasteiger charge is 2.56. The summed E-state index contributed by atoms with van der Waals surface area (Å²) in [5, 5.41) is 2.59. The minimum absolute atomic E-state index is 0.229. The van der Waals surface area contributed by atoms with Crippen LogP contribution in [-0.2, 0) is 20.9 Å². The van der Waals surface area contributed by atoms with E-state index in [1.54, 1.807) is 62.8 Å². The zero-order chi connectivity index (χ0) is 28.7. The Morgan fingerprint density at radius 3 is 2.12 bits per heavy atom. The Labute approximate surface area is 243 Å². The quantitative estimate of drug-likeness (QED) is 0.320. The summed E-state index contributed by atoms with van der Waals surface area (Å²) >= 11 is 2.20. The van der Waals surface area contributed by atoms with E-state index < -0.39 is 17.1 Å². The first kappa shape index (κ1) is 26.9. The van der Waals surface area contributed by atoms with Crippen molar-refractivity contribution in [1.29, 1.82) is 0 Å². The minimum atomic E-state index is -0.757. The maximum Gasteiger partial charge on any atom is 0.308 e. The molecule has 3 aromatic carbocycles. The fraction of sp³-hybridized carbons (Fsp3) is 0.200. The van der Waals surface area contributed by atoms with E-state index in [1.807, 2.05) is 30.3 Å². The molecular weight excluding hydrogens is 562 g/mol. The van der Waals surface area contributed by atoms with E-state index >= 15 is 0 Å². The number of nitrogens with zero attached hydrogens (tertiary/aromatic N) is 2. The number of thiazole rings is 1. The number of amides is 3. The molecule has 1 fully saturated rings. The van der Waals surface area contributed by atoms with Crippen molar-refractivity contribution in [3.05, 3.63) is 99.0 Å². The van der Waals surface area contributed by atoms with Crippen LogP contribution >= 0.6 is 23.1 Å². The van der Waals surface area contributed by atoms with Crippen molar-refractivity contribution in [2.24, 2.45) is 5.92 Å². The zero-order valence-corrected chi connectivity index (χ0v) is 23.7. The van der Waals surface area contributed by atoms with Gasteiger partial charge >= 0.3 is 4.87 Å². The normalized spacial score (nSPS) is 19.5. The first-order valence-electron chi connectivity index (χ1n) is 12.8. The van der Waals surface area contributed by atoms with Crippen LogP contribution in [0.4, 0.5) is 11.4 Å². The summed E-state index contributed by atoms with van der Waals surface area (Å²) in [6, 6.07) is 23.1. The molecule has 0 saturated carbocycles. The largest absolute Gasteiger partial charge is 0.497 e. The maximum atomic E-state index is 13.9. The molecule has 1 N–H and O–H groups in total. The summed E-state index contributed by atoms with van der Waals surface area (Å²) in [6.45, 7) is -0.229. The lowest BCUT2D eigenvalue weighted by atomic mass is 9.83. The lowest BCUT2D eigenvalue weighted by molar-refractivity contribution is -0.122. The Balaban J connectivity index is 1.36. The number of aromatic nitrogens is 1. The van der Waals surface area contributed by atoms with Crippen molar-refractivity contribution in [1.82, 2.24) is 4.57 Å². The predicted molar refractivity (Wildman–Crippen MR) is 157 cm³/mol. The van der Waals surface area contributed by atoms with E-state index in [4.69, 9.17) is 9.47 Å². The topological polar surface area (TPSA) is 107 Å². The highest BCUT2D eigenvalue weighted by Crippen LogP contribution is 2.53.